The number of benzene rings is 1. The maximum atomic E-state index is 6.04. The summed E-state index contributed by atoms with van der Waals surface area (Å²) < 4.78 is 6.04. The molecule has 0 aliphatic rings. The van der Waals surface area contributed by atoms with Crippen LogP contribution in [-0.4, -0.2) is 11.5 Å². The van der Waals surface area contributed by atoms with E-state index < -0.39 is 0 Å². The van der Waals surface area contributed by atoms with Crippen molar-refractivity contribution >= 4 is 22.2 Å². The van der Waals surface area contributed by atoms with Crippen molar-refractivity contribution in [1.82, 2.24) is 4.98 Å². The lowest BCUT2D eigenvalue weighted by Crippen LogP contribution is -2.18. The van der Waals surface area contributed by atoms with E-state index in [-0.39, 0.29) is 6.10 Å². The minimum Gasteiger partial charge on any atom is -0.482 e. The summed E-state index contributed by atoms with van der Waals surface area (Å²) in [5, 5.41) is 5.17. The first kappa shape index (κ1) is 12.1. The SMILES string of the molecule is NCC(Oc1cccc2cccnc12)c1ccsc1. The molecule has 0 fully saturated rings. The van der Waals surface area contributed by atoms with Crippen molar-refractivity contribution in [3.8, 4) is 5.75 Å². The van der Waals surface area contributed by atoms with Crippen LogP contribution in [0.5, 0.6) is 5.75 Å². The van der Waals surface area contributed by atoms with Crippen LogP contribution >= 0.6 is 11.3 Å². The van der Waals surface area contributed by atoms with Gasteiger partial charge in [0.1, 0.15) is 17.4 Å². The first-order chi connectivity index (χ1) is 9.38. The molecule has 3 aromatic rings. The monoisotopic (exact) mass is 270 g/mol. The van der Waals surface area contributed by atoms with Crippen molar-refractivity contribution in [2.45, 2.75) is 6.10 Å². The molecule has 0 radical (unpaired) electrons. The molecule has 3 rings (SSSR count). The normalized spacial score (nSPS) is 12.5. The summed E-state index contributed by atoms with van der Waals surface area (Å²) in [4.78, 5) is 4.39. The Labute approximate surface area is 115 Å². The van der Waals surface area contributed by atoms with E-state index in [0.29, 0.717) is 6.54 Å². The summed E-state index contributed by atoms with van der Waals surface area (Å²) in [6.07, 6.45) is 1.65. The molecular weight excluding hydrogens is 256 g/mol. The van der Waals surface area contributed by atoms with Crippen LogP contribution < -0.4 is 10.5 Å². The molecule has 0 spiro atoms. The number of para-hydroxylation sites is 1. The second kappa shape index (κ2) is 5.38. The van der Waals surface area contributed by atoms with Crippen LogP contribution in [0.3, 0.4) is 0 Å². The van der Waals surface area contributed by atoms with E-state index in [1.165, 1.54) is 0 Å². The molecule has 0 saturated heterocycles. The molecule has 1 aromatic carbocycles. The fraction of sp³-hybridized carbons (Fsp3) is 0.133. The van der Waals surface area contributed by atoms with Crippen LogP contribution in [0.25, 0.3) is 10.9 Å². The number of nitrogens with two attached hydrogens (primary N) is 1. The van der Waals surface area contributed by atoms with Crippen molar-refractivity contribution in [2.75, 3.05) is 6.54 Å². The van der Waals surface area contributed by atoms with Gasteiger partial charge in [0.25, 0.3) is 0 Å². The minimum atomic E-state index is -0.126. The van der Waals surface area contributed by atoms with Gasteiger partial charge in [-0.3, -0.25) is 4.98 Å². The molecule has 0 bridgehead atoms. The fourth-order valence-electron chi connectivity index (χ4n) is 2.04. The summed E-state index contributed by atoms with van der Waals surface area (Å²) in [6.45, 7) is 0.444. The zero-order chi connectivity index (χ0) is 13.1. The molecular formula is C15H14N2OS. The topological polar surface area (TPSA) is 48.1 Å². The molecule has 96 valence electrons. The number of hydrogen-bond donors (Lipinski definition) is 1. The Balaban J connectivity index is 1.96. The number of thiophene rings is 1. The van der Waals surface area contributed by atoms with Crippen molar-refractivity contribution in [3.05, 3.63) is 58.9 Å². The summed E-state index contributed by atoms with van der Waals surface area (Å²) in [7, 11) is 0. The minimum absolute atomic E-state index is 0.126. The Kier molecular flexibility index (Phi) is 3.44. The third kappa shape index (κ3) is 2.45. The molecule has 1 unspecified atom stereocenters. The van der Waals surface area contributed by atoms with E-state index in [0.717, 1.165) is 22.2 Å². The highest BCUT2D eigenvalue weighted by atomic mass is 32.1. The zero-order valence-electron chi connectivity index (χ0n) is 10.3. The smallest absolute Gasteiger partial charge is 0.146 e. The van der Waals surface area contributed by atoms with Crippen molar-refractivity contribution in [1.29, 1.82) is 0 Å². The zero-order valence-corrected chi connectivity index (χ0v) is 11.1. The van der Waals surface area contributed by atoms with Crippen LogP contribution in [0.2, 0.25) is 0 Å². The number of hydrogen-bond acceptors (Lipinski definition) is 4. The predicted molar refractivity (Wildman–Crippen MR) is 78.5 cm³/mol. The third-order valence-electron chi connectivity index (χ3n) is 2.99. The lowest BCUT2D eigenvalue weighted by Gasteiger charge is -2.17. The van der Waals surface area contributed by atoms with Gasteiger partial charge in [-0.1, -0.05) is 18.2 Å². The maximum absolute atomic E-state index is 6.04. The first-order valence-electron chi connectivity index (χ1n) is 6.11. The summed E-state index contributed by atoms with van der Waals surface area (Å²) in [5.41, 5.74) is 7.80. The second-order valence-electron chi connectivity index (χ2n) is 4.23. The van der Waals surface area contributed by atoms with Gasteiger partial charge in [0.2, 0.25) is 0 Å². The Morgan fingerprint density at radius 2 is 2.11 bits per heavy atom. The van der Waals surface area contributed by atoms with Gasteiger partial charge in [-0.15, -0.1) is 0 Å². The van der Waals surface area contributed by atoms with Gasteiger partial charge in [0, 0.05) is 23.7 Å². The molecule has 2 aromatic heterocycles. The molecule has 0 aliphatic carbocycles. The summed E-state index contributed by atoms with van der Waals surface area (Å²) in [6, 6.07) is 11.9. The van der Waals surface area contributed by atoms with E-state index in [1.54, 1.807) is 17.5 Å². The predicted octanol–water partition coefficient (Wildman–Crippen LogP) is 3.38. The molecule has 0 saturated carbocycles. The number of ether oxygens (including phenoxy) is 1. The number of nitrogens with zero attached hydrogens (tertiary/aromatic N) is 1. The van der Waals surface area contributed by atoms with E-state index >= 15 is 0 Å². The second-order valence-corrected chi connectivity index (χ2v) is 5.01. The third-order valence-corrected chi connectivity index (χ3v) is 3.70. The highest BCUT2D eigenvalue weighted by molar-refractivity contribution is 7.07. The Morgan fingerprint density at radius 1 is 1.21 bits per heavy atom. The molecule has 3 nitrogen and oxygen atoms in total. The highest BCUT2D eigenvalue weighted by Crippen LogP contribution is 2.28. The molecule has 2 N–H and O–H groups in total. The Bertz CT molecular complexity index is 661. The van der Waals surface area contributed by atoms with Gasteiger partial charge in [0.15, 0.2) is 0 Å². The molecule has 0 amide bonds. The van der Waals surface area contributed by atoms with Gasteiger partial charge < -0.3 is 10.5 Å². The highest BCUT2D eigenvalue weighted by Gasteiger charge is 2.13. The molecule has 4 heteroatoms. The lowest BCUT2D eigenvalue weighted by molar-refractivity contribution is 0.217. The van der Waals surface area contributed by atoms with Crippen LogP contribution in [0.15, 0.2) is 53.4 Å². The van der Waals surface area contributed by atoms with Gasteiger partial charge in [-0.05, 0) is 29.0 Å². The fourth-order valence-corrected chi connectivity index (χ4v) is 2.74. The summed E-state index contributed by atoms with van der Waals surface area (Å²) >= 11 is 1.65. The van der Waals surface area contributed by atoms with Gasteiger partial charge in [-0.2, -0.15) is 11.3 Å². The Morgan fingerprint density at radius 3 is 2.89 bits per heavy atom. The van der Waals surface area contributed by atoms with Crippen molar-refractivity contribution in [3.63, 3.8) is 0 Å². The van der Waals surface area contributed by atoms with E-state index in [1.807, 2.05) is 41.8 Å². The molecule has 2 heterocycles. The maximum Gasteiger partial charge on any atom is 0.146 e. The van der Waals surface area contributed by atoms with E-state index in [2.05, 4.69) is 10.4 Å². The summed E-state index contributed by atoms with van der Waals surface area (Å²) in [5.74, 6) is 0.778. The molecule has 0 aliphatic heterocycles. The van der Waals surface area contributed by atoms with Crippen molar-refractivity contribution < 1.29 is 4.74 Å². The quantitative estimate of drug-likeness (QED) is 0.790. The Hall–Kier alpha value is -1.91. The number of pyridine rings is 1. The average molecular weight is 270 g/mol. The van der Waals surface area contributed by atoms with Crippen LogP contribution in [0.4, 0.5) is 0 Å². The van der Waals surface area contributed by atoms with Crippen LogP contribution in [0, 0.1) is 0 Å². The largest absolute Gasteiger partial charge is 0.482 e. The molecule has 19 heavy (non-hydrogen) atoms. The van der Waals surface area contributed by atoms with Gasteiger partial charge in [0.05, 0.1) is 0 Å². The number of aromatic nitrogens is 1. The average Bonchev–Trinajstić information content (AvgIpc) is 2.99. The van der Waals surface area contributed by atoms with E-state index in [4.69, 9.17) is 10.5 Å². The van der Waals surface area contributed by atoms with Crippen molar-refractivity contribution in [2.24, 2.45) is 5.73 Å². The van der Waals surface area contributed by atoms with Crippen LogP contribution in [-0.2, 0) is 0 Å². The van der Waals surface area contributed by atoms with Gasteiger partial charge >= 0.3 is 0 Å². The first-order valence-corrected chi connectivity index (χ1v) is 7.05. The van der Waals surface area contributed by atoms with E-state index in [9.17, 15) is 0 Å². The number of fused-ring (bicyclic) bond motifs is 1. The standard InChI is InChI=1S/C15H14N2OS/c16-9-14(12-6-8-19-10-12)18-13-5-1-3-11-4-2-7-17-15(11)13/h1-8,10,14H,9,16H2. The van der Waals surface area contributed by atoms with Crippen LogP contribution in [0.1, 0.15) is 11.7 Å². The number of rotatable bonds is 4. The van der Waals surface area contributed by atoms with Gasteiger partial charge in [-0.25, -0.2) is 0 Å². The lowest BCUT2D eigenvalue weighted by atomic mass is 10.2. The molecule has 1 atom stereocenters.